The molecule has 1 amide bonds. The first kappa shape index (κ1) is 19.7. The molecule has 0 saturated heterocycles. The quantitative estimate of drug-likeness (QED) is 0.831. The predicted octanol–water partition coefficient (Wildman–Crippen LogP) is 4.24. The number of hydrogen-bond acceptors (Lipinski definition) is 3. The first-order valence-corrected chi connectivity index (χ1v) is 10.1. The van der Waals surface area contributed by atoms with E-state index in [0.29, 0.717) is 13.1 Å². The number of β-amino-alcohol motifs (C(OH)–C–C–N with tert-alkyl or cyclic N) is 1. The number of benzene rings is 2. The highest BCUT2D eigenvalue weighted by Gasteiger charge is 2.33. The van der Waals surface area contributed by atoms with Gasteiger partial charge in [0.2, 0.25) is 0 Å². The van der Waals surface area contributed by atoms with Crippen LogP contribution in [0.1, 0.15) is 52.0 Å². The Hall–Kier alpha value is -2.63. The van der Waals surface area contributed by atoms with Crippen LogP contribution in [0, 0.1) is 13.8 Å². The highest BCUT2D eigenvalue weighted by molar-refractivity contribution is 5.99. The van der Waals surface area contributed by atoms with Crippen molar-refractivity contribution in [2.45, 2.75) is 46.3 Å². The SMILES string of the molecule is Cc1c(Cc2ccc(N3C=CC[N-]3)cc2)cc2c(c1C)CN(CC(C)(C)O)C2=O. The van der Waals surface area contributed by atoms with Crippen LogP contribution < -0.4 is 5.01 Å². The summed E-state index contributed by atoms with van der Waals surface area (Å²) in [5.74, 6) is 0.0178. The Morgan fingerprint density at radius 1 is 1.14 bits per heavy atom. The second-order valence-corrected chi connectivity index (χ2v) is 8.68. The van der Waals surface area contributed by atoms with Crippen LogP contribution in [-0.2, 0) is 13.0 Å². The summed E-state index contributed by atoms with van der Waals surface area (Å²) in [6.07, 6.45) is 4.79. The zero-order valence-electron chi connectivity index (χ0n) is 17.6. The molecule has 2 aromatic carbocycles. The lowest BCUT2D eigenvalue weighted by Crippen LogP contribution is -2.38. The van der Waals surface area contributed by atoms with Crippen LogP contribution in [0.4, 0.5) is 5.69 Å². The van der Waals surface area contributed by atoms with Crippen molar-refractivity contribution in [2.75, 3.05) is 18.1 Å². The maximum Gasteiger partial charge on any atom is 0.254 e. The topological polar surface area (TPSA) is 57.9 Å². The molecule has 0 aromatic heterocycles. The van der Waals surface area contributed by atoms with Gasteiger partial charge < -0.3 is 20.4 Å². The summed E-state index contributed by atoms with van der Waals surface area (Å²) in [7, 11) is 0. The Bertz CT molecular complexity index is 971. The van der Waals surface area contributed by atoms with Crippen LogP contribution in [0.25, 0.3) is 5.43 Å². The normalized spacial score (nSPS) is 16.1. The van der Waals surface area contributed by atoms with Gasteiger partial charge in [0.05, 0.1) is 5.60 Å². The molecule has 1 N–H and O–H groups in total. The molecule has 5 nitrogen and oxygen atoms in total. The number of aliphatic hydroxyl groups is 1. The van der Waals surface area contributed by atoms with E-state index in [1.807, 2.05) is 17.3 Å². The summed E-state index contributed by atoms with van der Waals surface area (Å²) in [4.78, 5) is 14.7. The Morgan fingerprint density at radius 2 is 1.86 bits per heavy atom. The maximum atomic E-state index is 12.9. The molecule has 0 radical (unpaired) electrons. The first-order valence-electron chi connectivity index (χ1n) is 10.1. The van der Waals surface area contributed by atoms with Crippen LogP contribution >= 0.6 is 0 Å². The molecular formula is C24H28N3O2-. The Labute approximate surface area is 172 Å². The van der Waals surface area contributed by atoms with Crippen molar-refractivity contribution in [2.24, 2.45) is 0 Å². The largest absolute Gasteiger partial charge is 0.560 e. The van der Waals surface area contributed by atoms with Gasteiger partial charge >= 0.3 is 0 Å². The summed E-state index contributed by atoms with van der Waals surface area (Å²) < 4.78 is 0. The van der Waals surface area contributed by atoms with E-state index in [0.717, 1.165) is 29.8 Å². The van der Waals surface area contributed by atoms with E-state index >= 15 is 0 Å². The smallest absolute Gasteiger partial charge is 0.254 e. The molecule has 0 aliphatic carbocycles. The average molecular weight is 391 g/mol. The number of hydrogen-bond donors (Lipinski definition) is 1. The minimum atomic E-state index is -0.901. The monoisotopic (exact) mass is 390 g/mol. The van der Waals surface area contributed by atoms with Crippen LogP contribution in [0.2, 0.25) is 0 Å². The van der Waals surface area contributed by atoms with Gasteiger partial charge in [0.15, 0.2) is 0 Å². The number of anilines is 1. The zero-order valence-corrected chi connectivity index (χ0v) is 17.6. The molecule has 2 aliphatic heterocycles. The maximum absolute atomic E-state index is 12.9. The van der Waals surface area contributed by atoms with Crippen molar-refractivity contribution >= 4 is 11.6 Å². The minimum absolute atomic E-state index is 0.0178. The molecule has 2 aliphatic rings. The van der Waals surface area contributed by atoms with Crippen LogP contribution in [0.3, 0.4) is 0 Å². The number of carbonyl (C=O) groups excluding carboxylic acids is 1. The fraction of sp³-hybridized carbons (Fsp3) is 0.375. The summed E-state index contributed by atoms with van der Waals surface area (Å²) in [6.45, 7) is 9.36. The zero-order chi connectivity index (χ0) is 20.8. The van der Waals surface area contributed by atoms with E-state index in [1.165, 1.54) is 22.3 Å². The standard InChI is InChI=1S/C24H28N3O2/c1-16-17(2)22-14-26(15-24(3,4)29)23(28)21(22)13-19(16)12-18-6-8-20(9-7-18)27-11-5-10-25-27/h5-9,11,13,29H,10,12,14-15H2,1-4H3/q-1. The molecule has 2 aromatic rings. The molecular weight excluding hydrogens is 362 g/mol. The summed E-state index contributed by atoms with van der Waals surface area (Å²) >= 11 is 0. The minimum Gasteiger partial charge on any atom is -0.560 e. The summed E-state index contributed by atoms with van der Waals surface area (Å²) in [6, 6.07) is 10.5. The van der Waals surface area contributed by atoms with E-state index in [4.69, 9.17) is 0 Å². The second-order valence-electron chi connectivity index (χ2n) is 8.68. The molecule has 0 fully saturated rings. The molecule has 2 heterocycles. The summed E-state index contributed by atoms with van der Waals surface area (Å²) in [5.41, 5.74) is 11.2. The van der Waals surface area contributed by atoms with Crippen molar-refractivity contribution in [1.29, 1.82) is 0 Å². The van der Waals surface area contributed by atoms with Crippen LogP contribution in [-0.4, -0.2) is 34.6 Å². The van der Waals surface area contributed by atoms with Gasteiger partial charge in [0, 0.05) is 24.3 Å². The third-order valence-corrected chi connectivity index (χ3v) is 5.77. The van der Waals surface area contributed by atoms with E-state index in [2.05, 4.69) is 49.6 Å². The van der Waals surface area contributed by atoms with Crippen molar-refractivity contribution in [3.63, 3.8) is 0 Å². The lowest BCUT2D eigenvalue weighted by atomic mass is 9.91. The van der Waals surface area contributed by atoms with E-state index in [9.17, 15) is 9.90 Å². The molecule has 4 rings (SSSR count). The van der Waals surface area contributed by atoms with Gasteiger partial charge in [-0.1, -0.05) is 18.2 Å². The van der Waals surface area contributed by atoms with Gasteiger partial charge in [0.1, 0.15) is 0 Å². The van der Waals surface area contributed by atoms with E-state index < -0.39 is 5.60 Å². The van der Waals surface area contributed by atoms with Gasteiger partial charge in [-0.3, -0.25) is 4.79 Å². The van der Waals surface area contributed by atoms with Crippen molar-refractivity contribution in [1.82, 2.24) is 4.90 Å². The lowest BCUT2D eigenvalue weighted by Gasteiger charge is -2.30. The fourth-order valence-corrected chi connectivity index (χ4v) is 4.13. The number of carbonyl (C=O) groups is 1. The molecule has 0 spiro atoms. The predicted molar refractivity (Wildman–Crippen MR) is 116 cm³/mol. The molecule has 0 saturated carbocycles. The highest BCUT2D eigenvalue weighted by Crippen LogP contribution is 2.32. The molecule has 0 bridgehead atoms. The fourth-order valence-electron chi connectivity index (χ4n) is 4.13. The molecule has 152 valence electrons. The molecule has 0 atom stereocenters. The van der Waals surface area contributed by atoms with E-state index in [-0.39, 0.29) is 5.91 Å². The van der Waals surface area contributed by atoms with E-state index in [1.54, 1.807) is 18.7 Å². The van der Waals surface area contributed by atoms with Gasteiger partial charge in [-0.25, -0.2) is 0 Å². The molecule has 29 heavy (non-hydrogen) atoms. The van der Waals surface area contributed by atoms with Crippen molar-refractivity contribution < 1.29 is 9.90 Å². The first-order chi connectivity index (χ1) is 13.7. The lowest BCUT2D eigenvalue weighted by molar-refractivity contribution is 0.0314. The van der Waals surface area contributed by atoms with Gasteiger partial charge in [-0.2, -0.15) is 0 Å². The molecule has 0 unspecified atom stereocenters. The van der Waals surface area contributed by atoms with Crippen molar-refractivity contribution in [3.05, 3.63) is 81.4 Å². The number of nitrogens with zero attached hydrogens (tertiary/aromatic N) is 3. The van der Waals surface area contributed by atoms with Crippen molar-refractivity contribution in [3.8, 4) is 0 Å². The second kappa shape index (κ2) is 7.32. The Balaban J connectivity index is 1.58. The van der Waals surface area contributed by atoms with Gasteiger partial charge in [-0.15, -0.1) is 6.54 Å². The Morgan fingerprint density at radius 3 is 2.48 bits per heavy atom. The number of rotatable bonds is 5. The highest BCUT2D eigenvalue weighted by atomic mass is 16.3. The van der Waals surface area contributed by atoms with Crippen LogP contribution in [0.5, 0.6) is 0 Å². The number of amides is 1. The Kier molecular flexibility index (Phi) is 4.97. The third kappa shape index (κ3) is 3.93. The van der Waals surface area contributed by atoms with Gasteiger partial charge in [0.25, 0.3) is 5.91 Å². The average Bonchev–Trinajstić information content (AvgIpc) is 3.29. The van der Waals surface area contributed by atoms with Crippen LogP contribution in [0.15, 0.2) is 42.6 Å². The summed E-state index contributed by atoms with van der Waals surface area (Å²) in [5, 5.41) is 12.0. The molecule has 5 heteroatoms. The third-order valence-electron chi connectivity index (χ3n) is 5.77. The number of fused-ring (bicyclic) bond motifs is 1. The van der Waals surface area contributed by atoms with Gasteiger partial charge in [-0.05, 0) is 86.3 Å².